The van der Waals surface area contributed by atoms with Crippen molar-refractivity contribution in [2.45, 2.75) is 12.4 Å². The fraction of sp³-hybridized carbons (Fsp3) is 0.222. The van der Waals surface area contributed by atoms with E-state index in [9.17, 15) is 26.3 Å². The fourth-order valence-corrected chi connectivity index (χ4v) is 6.17. The molecule has 10 nitrogen and oxygen atoms in total. The molecule has 4 aromatic carbocycles. The molecule has 0 aliphatic carbocycles. The summed E-state index contributed by atoms with van der Waals surface area (Å²) in [6, 6.07) is 24.0. The minimum absolute atomic E-state index is 0.676. The number of benzene rings is 4. The van der Waals surface area contributed by atoms with Gasteiger partial charge in [0.15, 0.2) is 0 Å². The highest BCUT2D eigenvalue weighted by Gasteiger charge is 2.39. The molecule has 0 bridgehead atoms. The molecule has 6 aromatic rings. The molecule has 1 aliphatic rings. The van der Waals surface area contributed by atoms with E-state index >= 15 is 0 Å². The van der Waals surface area contributed by atoms with Crippen molar-refractivity contribution in [1.29, 1.82) is 0 Å². The summed E-state index contributed by atoms with van der Waals surface area (Å²) in [5.74, 6) is -3.89. The number of ether oxygens (including phenoxy) is 2. The summed E-state index contributed by atoms with van der Waals surface area (Å²) in [6.45, 7) is 3.32. The first-order chi connectivity index (χ1) is 25.4. The van der Waals surface area contributed by atoms with E-state index in [0.717, 1.165) is 92.7 Å². The number of piperazine rings is 1. The molecule has 7 rings (SSSR count). The summed E-state index contributed by atoms with van der Waals surface area (Å²) in [5, 5.41) is 19.9. The van der Waals surface area contributed by atoms with Gasteiger partial charge in [0.25, 0.3) is 0 Å². The molecule has 2 aromatic heterocycles. The number of carboxylic acid groups (broad SMARTS) is 2. The highest BCUT2D eigenvalue weighted by molar-refractivity contribution is 6.32. The number of hydrogen-bond acceptors (Lipinski definition) is 8. The van der Waals surface area contributed by atoms with Crippen molar-refractivity contribution in [3.8, 4) is 11.5 Å². The molecule has 0 unspecified atom stereocenters. The number of pyridine rings is 2. The lowest BCUT2D eigenvalue weighted by Gasteiger charge is -2.39. The maximum Gasteiger partial charge on any atom is 0.490 e. The molecule has 0 spiro atoms. The zero-order chi connectivity index (χ0) is 39.5. The van der Waals surface area contributed by atoms with Gasteiger partial charge in [0.1, 0.15) is 11.5 Å². The van der Waals surface area contributed by atoms with Crippen molar-refractivity contribution >= 4 is 90.1 Å². The minimum Gasteiger partial charge on any atom is -0.497 e. The first-order valence-electron chi connectivity index (χ1n) is 15.7. The number of anilines is 2. The van der Waals surface area contributed by atoms with Gasteiger partial charge in [-0.1, -0.05) is 23.2 Å². The molecule has 284 valence electrons. The standard InChI is InChI=1S/C32H26Cl2N4O2.2C2HF3O2/c1-39-21-5-9-27-25(17-21)31(23-7-3-19(33)15-29(23)35-27)37-11-13-38(14-12-37)32-24-8-4-20(34)16-30(24)36-28-10-6-22(40-2)18-26(28)32;2*3-2(4,5)1(6)7/h3-10,15-18H,11-14H2,1-2H3;2*(H,6,7). The average Bonchev–Trinajstić information content (AvgIpc) is 3.12. The molecule has 2 N–H and O–H groups in total. The summed E-state index contributed by atoms with van der Waals surface area (Å²) in [7, 11) is 3.39. The highest BCUT2D eigenvalue weighted by atomic mass is 35.5. The van der Waals surface area contributed by atoms with Crippen LogP contribution < -0.4 is 19.3 Å². The Balaban J connectivity index is 0.000000342. The van der Waals surface area contributed by atoms with Gasteiger partial charge in [-0.15, -0.1) is 0 Å². The fourth-order valence-electron chi connectivity index (χ4n) is 5.84. The third-order valence-corrected chi connectivity index (χ3v) is 8.70. The van der Waals surface area contributed by atoms with Crippen molar-refractivity contribution in [2.75, 3.05) is 50.2 Å². The second-order valence-electron chi connectivity index (χ2n) is 11.6. The smallest absolute Gasteiger partial charge is 0.490 e. The second-order valence-corrected chi connectivity index (χ2v) is 12.5. The molecule has 0 saturated carbocycles. The van der Waals surface area contributed by atoms with E-state index < -0.39 is 24.3 Å². The average molecular weight is 798 g/mol. The number of carbonyl (C=O) groups is 2. The van der Waals surface area contributed by atoms with Gasteiger partial charge < -0.3 is 29.5 Å². The van der Waals surface area contributed by atoms with Crippen LogP contribution in [0, 0.1) is 0 Å². The van der Waals surface area contributed by atoms with Crippen LogP contribution in [-0.2, 0) is 9.59 Å². The van der Waals surface area contributed by atoms with Crippen molar-refractivity contribution in [2.24, 2.45) is 0 Å². The lowest BCUT2D eigenvalue weighted by Crippen LogP contribution is -2.46. The second kappa shape index (κ2) is 15.9. The molecular weight excluding hydrogens is 769 g/mol. The largest absolute Gasteiger partial charge is 0.497 e. The molecule has 1 aliphatic heterocycles. The van der Waals surface area contributed by atoms with Crippen LogP contribution in [0.3, 0.4) is 0 Å². The van der Waals surface area contributed by atoms with Gasteiger partial charge in [0.05, 0.1) is 47.7 Å². The number of carboxylic acids is 2. The molecular formula is C36H28Cl2F6N4O6. The lowest BCUT2D eigenvalue weighted by atomic mass is 10.0. The maximum absolute atomic E-state index is 10.6. The number of methoxy groups -OCH3 is 2. The van der Waals surface area contributed by atoms with Gasteiger partial charge in [-0.25, -0.2) is 19.6 Å². The van der Waals surface area contributed by atoms with Crippen LogP contribution in [-0.4, -0.2) is 84.9 Å². The van der Waals surface area contributed by atoms with Crippen molar-refractivity contribution < 1.29 is 55.6 Å². The monoisotopic (exact) mass is 796 g/mol. The molecule has 1 fully saturated rings. The van der Waals surface area contributed by atoms with E-state index in [1.807, 2.05) is 48.5 Å². The highest BCUT2D eigenvalue weighted by Crippen LogP contribution is 2.40. The van der Waals surface area contributed by atoms with Gasteiger partial charge in [-0.2, -0.15) is 26.3 Å². The number of aliphatic carboxylic acids is 2. The van der Waals surface area contributed by atoms with Crippen LogP contribution >= 0.6 is 23.2 Å². The Morgan fingerprint density at radius 3 is 1.20 bits per heavy atom. The van der Waals surface area contributed by atoms with Crippen LogP contribution in [0.4, 0.5) is 37.7 Å². The van der Waals surface area contributed by atoms with E-state index in [1.165, 1.54) is 0 Å². The first-order valence-corrected chi connectivity index (χ1v) is 16.4. The van der Waals surface area contributed by atoms with Crippen LogP contribution in [0.2, 0.25) is 10.0 Å². The zero-order valence-corrected chi connectivity index (χ0v) is 29.6. The van der Waals surface area contributed by atoms with Crippen molar-refractivity contribution in [3.63, 3.8) is 0 Å². The Kier molecular flexibility index (Phi) is 11.7. The predicted molar refractivity (Wildman–Crippen MR) is 193 cm³/mol. The van der Waals surface area contributed by atoms with E-state index in [2.05, 4.69) is 34.1 Å². The van der Waals surface area contributed by atoms with Gasteiger partial charge >= 0.3 is 24.3 Å². The van der Waals surface area contributed by atoms with Gasteiger partial charge in [0, 0.05) is 57.8 Å². The van der Waals surface area contributed by atoms with Crippen LogP contribution in [0.5, 0.6) is 11.5 Å². The molecule has 0 radical (unpaired) electrons. The number of aromatic nitrogens is 2. The summed E-state index contributed by atoms with van der Waals surface area (Å²) >= 11 is 12.7. The van der Waals surface area contributed by atoms with Crippen LogP contribution in [0.25, 0.3) is 43.6 Å². The first kappa shape index (κ1) is 39.7. The number of halogens is 8. The normalized spacial score (nSPS) is 13.3. The number of fused-ring (bicyclic) bond motifs is 4. The Bertz CT molecular complexity index is 2210. The van der Waals surface area contributed by atoms with Gasteiger partial charge in [0.2, 0.25) is 0 Å². The Hall–Kier alpha value is -5.48. The van der Waals surface area contributed by atoms with Gasteiger partial charge in [-0.3, -0.25) is 0 Å². The predicted octanol–water partition coefficient (Wildman–Crippen LogP) is 9.01. The number of hydrogen-bond donors (Lipinski definition) is 2. The SMILES string of the molecule is COc1ccc2nc3cc(Cl)ccc3c(N3CCN(c4c5ccc(Cl)cc5nc5ccc(OC)cc45)CC3)c2c1.O=C(O)C(F)(F)F.O=C(O)C(F)(F)F. The van der Waals surface area contributed by atoms with Crippen molar-refractivity contribution in [3.05, 3.63) is 82.8 Å². The molecule has 3 heterocycles. The minimum atomic E-state index is -5.08. The Labute approximate surface area is 312 Å². The maximum atomic E-state index is 10.6. The van der Waals surface area contributed by atoms with E-state index in [0.29, 0.717) is 10.0 Å². The summed E-state index contributed by atoms with van der Waals surface area (Å²) in [4.78, 5) is 32.5. The summed E-state index contributed by atoms with van der Waals surface area (Å²) < 4.78 is 74.6. The Morgan fingerprint density at radius 2 is 0.907 bits per heavy atom. The quantitative estimate of drug-likeness (QED) is 0.132. The van der Waals surface area contributed by atoms with E-state index in [-0.39, 0.29) is 0 Å². The number of rotatable bonds is 4. The molecule has 54 heavy (non-hydrogen) atoms. The molecule has 1 saturated heterocycles. The number of nitrogens with zero attached hydrogens (tertiary/aromatic N) is 4. The zero-order valence-electron chi connectivity index (χ0n) is 28.1. The van der Waals surface area contributed by atoms with E-state index in [1.54, 1.807) is 14.2 Å². The van der Waals surface area contributed by atoms with Crippen molar-refractivity contribution in [1.82, 2.24) is 9.97 Å². The molecule has 0 atom stereocenters. The van der Waals surface area contributed by atoms with Gasteiger partial charge in [-0.05, 0) is 72.8 Å². The molecule has 0 amide bonds. The van der Waals surface area contributed by atoms with Crippen LogP contribution in [0.15, 0.2) is 72.8 Å². The summed E-state index contributed by atoms with van der Waals surface area (Å²) in [6.07, 6.45) is -10.2. The van der Waals surface area contributed by atoms with Crippen LogP contribution in [0.1, 0.15) is 0 Å². The lowest BCUT2D eigenvalue weighted by molar-refractivity contribution is -0.193. The topological polar surface area (TPSA) is 125 Å². The third-order valence-electron chi connectivity index (χ3n) is 8.23. The van der Waals surface area contributed by atoms with E-state index in [4.69, 9.17) is 62.4 Å². The molecule has 18 heteroatoms. The Morgan fingerprint density at radius 1 is 0.574 bits per heavy atom. The summed E-state index contributed by atoms with van der Waals surface area (Å²) in [5.41, 5.74) is 5.93. The third kappa shape index (κ3) is 8.82. The number of alkyl halides is 6.